The maximum Gasteiger partial charge on any atom is 0.260 e. The van der Waals surface area contributed by atoms with Crippen LogP contribution in [0.15, 0.2) is 66.9 Å². The van der Waals surface area contributed by atoms with Gasteiger partial charge in [0.15, 0.2) is 6.73 Å². The fourth-order valence-electron chi connectivity index (χ4n) is 2.93. The van der Waals surface area contributed by atoms with Crippen LogP contribution >= 0.6 is 0 Å². The third-order valence-electron chi connectivity index (χ3n) is 4.34. The zero-order valence-corrected chi connectivity index (χ0v) is 14.0. The van der Waals surface area contributed by atoms with Gasteiger partial charge in [0, 0.05) is 6.20 Å². The molecule has 1 amide bonds. The van der Waals surface area contributed by atoms with E-state index in [2.05, 4.69) is 36.2 Å². The number of hydrogen-bond donors (Lipinski definition) is 0. The fourth-order valence-corrected chi connectivity index (χ4v) is 2.93. The van der Waals surface area contributed by atoms with Crippen LogP contribution in [0.5, 0.6) is 5.75 Å². The largest absolute Gasteiger partial charge is 0.472 e. The van der Waals surface area contributed by atoms with Gasteiger partial charge in [-0.05, 0) is 42.3 Å². The van der Waals surface area contributed by atoms with Crippen LogP contribution < -0.4 is 4.74 Å². The molecule has 1 aromatic heterocycles. The molecule has 0 saturated heterocycles. The minimum Gasteiger partial charge on any atom is -0.472 e. The highest BCUT2D eigenvalue weighted by Gasteiger charge is 2.26. The van der Waals surface area contributed by atoms with Crippen molar-refractivity contribution in [3.63, 3.8) is 0 Å². The number of rotatable bonds is 3. The van der Waals surface area contributed by atoms with E-state index in [1.807, 2.05) is 36.4 Å². The topological polar surface area (TPSA) is 42.4 Å². The Bertz CT molecular complexity index is 905. The highest BCUT2D eigenvalue weighted by atomic mass is 16.5. The molecule has 0 unspecified atom stereocenters. The summed E-state index contributed by atoms with van der Waals surface area (Å²) >= 11 is 0. The summed E-state index contributed by atoms with van der Waals surface area (Å²) in [6.07, 6.45) is 1.73. The Morgan fingerprint density at radius 2 is 1.84 bits per heavy atom. The number of pyridine rings is 1. The molecule has 3 aromatic rings. The van der Waals surface area contributed by atoms with Crippen LogP contribution in [0, 0.1) is 6.92 Å². The summed E-state index contributed by atoms with van der Waals surface area (Å²) in [5, 5.41) is 0. The smallest absolute Gasteiger partial charge is 0.260 e. The van der Waals surface area contributed by atoms with Crippen molar-refractivity contribution in [2.75, 3.05) is 6.73 Å². The fraction of sp³-hybridized carbons (Fsp3) is 0.143. The molecular formula is C21H18N2O2. The van der Waals surface area contributed by atoms with Gasteiger partial charge in [0.2, 0.25) is 0 Å². The van der Waals surface area contributed by atoms with E-state index in [1.165, 1.54) is 5.56 Å². The van der Waals surface area contributed by atoms with E-state index >= 15 is 0 Å². The highest BCUT2D eigenvalue weighted by Crippen LogP contribution is 2.31. The van der Waals surface area contributed by atoms with E-state index in [0.29, 0.717) is 17.9 Å². The second kappa shape index (κ2) is 6.40. The third kappa shape index (κ3) is 3.11. The average molecular weight is 330 g/mol. The van der Waals surface area contributed by atoms with Gasteiger partial charge in [-0.2, -0.15) is 0 Å². The number of aryl methyl sites for hydroxylation is 1. The van der Waals surface area contributed by atoms with Gasteiger partial charge in [-0.3, -0.25) is 14.7 Å². The Labute approximate surface area is 146 Å². The number of benzene rings is 2. The Kier molecular flexibility index (Phi) is 3.94. The summed E-state index contributed by atoms with van der Waals surface area (Å²) in [4.78, 5) is 18.8. The molecule has 4 nitrogen and oxygen atoms in total. The van der Waals surface area contributed by atoms with Crippen molar-refractivity contribution in [1.29, 1.82) is 0 Å². The predicted molar refractivity (Wildman–Crippen MR) is 96.2 cm³/mol. The molecule has 1 aliphatic rings. The van der Waals surface area contributed by atoms with E-state index in [0.717, 1.165) is 16.8 Å². The summed E-state index contributed by atoms with van der Waals surface area (Å²) in [5.74, 6) is 0.610. The number of carbonyl (C=O) groups excluding carboxylic acids is 1. The Hall–Kier alpha value is -3.14. The maximum atomic E-state index is 12.9. The normalized spacial score (nSPS) is 13.3. The number of carbonyl (C=O) groups is 1. The summed E-state index contributed by atoms with van der Waals surface area (Å²) in [6, 6.07) is 19.7. The SMILES string of the molecule is Cc1ccc(-c2ccc3c(c2)C(=O)N(Cc2ccccn2)CO3)cc1. The van der Waals surface area contributed by atoms with Crippen molar-refractivity contribution < 1.29 is 9.53 Å². The summed E-state index contributed by atoms with van der Waals surface area (Å²) in [6.45, 7) is 2.74. The van der Waals surface area contributed by atoms with Crippen molar-refractivity contribution in [1.82, 2.24) is 9.88 Å². The lowest BCUT2D eigenvalue weighted by molar-refractivity contribution is 0.0495. The van der Waals surface area contributed by atoms with Crippen LogP contribution in [0.1, 0.15) is 21.6 Å². The highest BCUT2D eigenvalue weighted by molar-refractivity contribution is 5.99. The molecule has 4 heteroatoms. The van der Waals surface area contributed by atoms with Gasteiger partial charge < -0.3 is 4.74 Å². The molecule has 0 radical (unpaired) electrons. The van der Waals surface area contributed by atoms with Crippen LogP contribution in [0.3, 0.4) is 0 Å². The lowest BCUT2D eigenvalue weighted by Gasteiger charge is -2.28. The van der Waals surface area contributed by atoms with E-state index in [9.17, 15) is 4.79 Å². The summed E-state index contributed by atoms with van der Waals surface area (Å²) in [7, 11) is 0. The number of ether oxygens (including phenoxy) is 1. The molecule has 0 spiro atoms. The number of fused-ring (bicyclic) bond motifs is 1. The molecule has 0 fully saturated rings. The number of amides is 1. The first kappa shape index (κ1) is 15.4. The van der Waals surface area contributed by atoms with Crippen LogP contribution in [-0.2, 0) is 6.54 Å². The van der Waals surface area contributed by atoms with Gasteiger partial charge in [0.05, 0.1) is 17.8 Å². The van der Waals surface area contributed by atoms with E-state index in [1.54, 1.807) is 11.1 Å². The second-order valence-electron chi connectivity index (χ2n) is 6.17. The monoisotopic (exact) mass is 330 g/mol. The molecule has 25 heavy (non-hydrogen) atoms. The molecule has 0 aliphatic carbocycles. The van der Waals surface area contributed by atoms with Gasteiger partial charge in [0.1, 0.15) is 5.75 Å². The molecule has 1 aliphatic heterocycles. The molecule has 2 aromatic carbocycles. The van der Waals surface area contributed by atoms with Gasteiger partial charge in [-0.25, -0.2) is 0 Å². The number of nitrogens with zero attached hydrogens (tertiary/aromatic N) is 2. The quantitative estimate of drug-likeness (QED) is 0.727. The van der Waals surface area contributed by atoms with E-state index in [4.69, 9.17) is 4.74 Å². The molecule has 0 N–H and O–H groups in total. The standard InChI is InChI=1S/C21H18N2O2/c1-15-5-7-16(8-6-15)17-9-10-20-19(12-17)21(24)23(14-25-20)13-18-4-2-3-11-22-18/h2-12H,13-14H2,1H3. The third-order valence-corrected chi connectivity index (χ3v) is 4.34. The Balaban J connectivity index is 1.63. The van der Waals surface area contributed by atoms with Crippen molar-refractivity contribution >= 4 is 5.91 Å². The first-order valence-electron chi connectivity index (χ1n) is 8.24. The van der Waals surface area contributed by atoms with Crippen LogP contribution in [-0.4, -0.2) is 22.5 Å². The lowest BCUT2D eigenvalue weighted by Crippen LogP contribution is -2.38. The van der Waals surface area contributed by atoms with Gasteiger partial charge in [0.25, 0.3) is 5.91 Å². The van der Waals surface area contributed by atoms with E-state index in [-0.39, 0.29) is 12.6 Å². The molecule has 0 bridgehead atoms. The predicted octanol–water partition coefficient (Wildman–Crippen LogP) is 4.05. The first-order valence-corrected chi connectivity index (χ1v) is 8.24. The minimum atomic E-state index is -0.0270. The molecule has 0 saturated carbocycles. The van der Waals surface area contributed by atoms with E-state index < -0.39 is 0 Å². The Morgan fingerprint density at radius 3 is 2.60 bits per heavy atom. The summed E-state index contributed by atoms with van der Waals surface area (Å²) in [5.41, 5.74) is 4.75. The maximum absolute atomic E-state index is 12.9. The van der Waals surface area contributed by atoms with Crippen LogP contribution in [0.4, 0.5) is 0 Å². The number of aromatic nitrogens is 1. The summed E-state index contributed by atoms with van der Waals surface area (Å²) < 4.78 is 5.77. The van der Waals surface area contributed by atoms with Crippen molar-refractivity contribution in [3.8, 4) is 16.9 Å². The van der Waals surface area contributed by atoms with Gasteiger partial charge >= 0.3 is 0 Å². The second-order valence-corrected chi connectivity index (χ2v) is 6.17. The zero-order valence-electron chi connectivity index (χ0n) is 14.0. The average Bonchev–Trinajstić information content (AvgIpc) is 2.65. The molecule has 4 rings (SSSR count). The lowest BCUT2D eigenvalue weighted by atomic mass is 10.0. The van der Waals surface area contributed by atoms with Crippen molar-refractivity contribution in [3.05, 3.63) is 83.7 Å². The van der Waals surface area contributed by atoms with Crippen molar-refractivity contribution in [2.45, 2.75) is 13.5 Å². The molecule has 124 valence electrons. The number of hydrogen-bond acceptors (Lipinski definition) is 3. The van der Waals surface area contributed by atoms with Gasteiger partial charge in [-0.1, -0.05) is 42.0 Å². The van der Waals surface area contributed by atoms with Crippen LogP contribution in [0.25, 0.3) is 11.1 Å². The first-order chi connectivity index (χ1) is 12.2. The Morgan fingerprint density at radius 1 is 1.04 bits per heavy atom. The molecule has 2 heterocycles. The molecular weight excluding hydrogens is 312 g/mol. The molecule has 0 atom stereocenters. The minimum absolute atomic E-state index is 0.0270. The van der Waals surface area contributed by atoms with Gasteiger partial charge in [-0.15, -0.1) is 0 Å². The zero-order chi connectivity index (χ0) is 17.2. The van der Waals surface area contributed by atoms with Crippen LogP contribution in [0.2, 0.25) is 0 Å². The van der Waals surface area contributed by atoms with Crippen molar-refractivity contribution in [2.24, 2.45) is 0 Å².